The molecule has 0 saturated carbocycles. The standard InChI is InChI=1S/C25H20FN5O2/c26-18-11-21-22(28-8-7-27-21)12-20(18)29-13-15-6-10-33-24(15)25(32)31-9-5-17-16-3-1-2-4-19(16)30-23(17)14-31/h1-4,6-8,10-12,29-30H,5,9,13-14H2. The highest BCUT2D eigenvalue weighted by atomic mass is 19.1. The molecule has 164 valence electrons. The van der Waals surface area contributed by atoms with Gasteiger partial charge in [0, 0.05) is 53.7 Å². The number of benzene rings is 2. The van der Waals surface area contributed by atoms with E-state index in [4.69, 9.17) is 4.42 Å². The number of carbonyl (C=O) groups is 1. The number of carbonyl (C=O) groups excluding carboxylic acids is 1. The van der Waals surface area contributed by atoms with Crippen LogP contribution in [0.2, 0.25) is 0 Å². The van der Waals surface area contributed by atoms with Gasteiger partial charge in [0.25, 0.3) is 5.91 Å². The number of para-hydroxylation sites is 1. The van der Waals surface area contributed by atoms with Crippen molar-refractivity contribution in [1.29, 1.82) is 0 Å². The molecule has 5 aromatic rings. The summed E-state index contributed by atoms with van der Waals surface area (Å²) >= 11 is 0. The van der Waals surface area contributed by atoms with E-state index < -0.39 is 5.82 Å². The van der Waals surface area contributed by atoms with Gasteiger partial charge in [-0.1, -0.05) is 18.2 Å². The minimum Gasteiger partial charge on any atom is -0.459 e. The number of anilines is 1. The average Bonchev–Trinajstić information content (AvgIpc) is 3.46. The largest absolute Gasteiger partial charge is 0.459 e. The summed E-state index contributed by atoms with van der Waals surface area (Å²) in [5, 5.41) is 4.27. The number of furan rings is 1. The molecule has 6 rings (SSSR count). The third kappa shape index (κ3) is 3.40. The van der Waals surface area contributed by atoms with E-state index in [1.165, 1.54) is 29.5 Å². The van der Waals surface area contributed by atoms with Gasteiger partial charge in [-0.2, -0.15) is 0 Å². The zero-order valence-corrected chi connectivity index (χ0v) is 17.6. The van der Waals surface area contributed by atoms with E-state index in [0.29, 0.717) is 35.4 Å². The minimum atomic E-state index is -0.429. The molecule has 0 radical (unpaired) electrons. The Balaban J connectivity index is 1.21. The lowest BCUT2D eigenvalue weighted by Crippen LogP contribution is -2.36. The molecule has 2 N–H and O–H groups in total. The first-order valence-electron chi connectivity index (χ1n) is 10.8. The zero-order valence-electron chi connectivity index (χ0n) is 17.6. The van der Waals surface area contributed by atoms with Gasteiger partial charge in [0.05, 0.1) is 29.5 Å². The molecule has 2 aromatic carbocycles. The lowest BCUT2D eigenvalue weighted by atomic mass is 10.0. The van der Waals surface area contributed by atoms with Crippen molar-refractivity contribution in [2.75, 3.05) is 11.9 Å². The first-order valence-corrected chi connectivity index (χ1v) is 10.8. The molecular weight excluding hydrogens is 421 g/mol. The van der Waals surface area contributed by atoms with Crippen molar-refractivity contribution in [3.63, 3.8) is 0 Å². The highest BCUT2D eigenvalue weighted by molar-refractivity contribution is 5.94. The van der Waals surface area contributed by atoms with Gasteiger partial charge in [0.1, 0.15) is 5.82 Å². The number of amides is 1. The fraction of sp³-hybridized carbons (Fsp3) is 0.160. The second kappa shape index (κ2) is 7.74. The van der Waals surface area contributed by atoms with Crippen LogP contribution in [-0.4, -0.2) is 32.3 Å². The van der Waals surface area contributed by atoms with Crippen molar-refractivity contribution in [2.24, 2.45) is 0 Å². The molecule has 0 unspecified atom stereocenters. The maximum atomic E-state index is 14.5. The Morgan fingerprint density at radius 2 is 1.97 bits per heavy atom. The van der Waals surface area contributed by atoms with Crippen LogP contribution in [0.15, 0.2) is 65.5 Å². The number of H-pyrrole nitrogens is 1. The molecule has 1 amide bonds. The normalized spacial score (nSPS) is 13.4. The van der Waals surface area contributed by atoms with Crippen LogP contribution in [-0.2, 0) is 19.5 Å². The first kappa shape index (κ1) is 19.5. The fourth-order valence-corrected chi connectivity index (χ4v) is 4.48. The molecule has 7 nitrogen and oxygen atoms in total. The van der Waals surface area contributed by atoms with E-state index in [2.05, 4.69) is 26.3 Å². The Hall–Kier alpha value is -4.20. The van der Waals surface area contributed by atoms with Crippen molar-refractivity contribution in [1.82, 2.24) is 19.9 Å². The van der Waals surface area contributed by atoms with Crippen LogP contribution in [0.1, 0.15) is 27.4 Å². The van der Waals surface area contributed by atoms with Crippen molar-refractivity contribution in [2.45, 2.75) is 19.5 Å². The van der Waals surface area contributed by atoms with Crippen LogP contribution in [0, 0.1) is 5.82 Å². The molecule has 1 aliphatic rings. The highest BCUT2D eigenvalue weighted by Crippen LogP contribution is 2.29. The molecule has 0 spiro atoms. The van der Waals surface area contributed by atoms with Crippen LogP contribution in [0.25, 0.3) is 21.9 Å². The van der Waals surface area contributed by atoms with Gasteiger partial charge < -0.3 is 19.6 Å². The Kier molecular flexibility index (Phi) is 4.57. The van der Waals surface area contributed by atoms with Gasteiger partial charge in [-0.3, -0.25) is 14.8 Å². The van der Waals surface area contributed by atoms with Crippen LogP contribution in [0.4, 0.5) is 10.1 Å². The summed E-state index contributed by atoms with van der Waals surface area (Å²) in [5.41, 5.74) is 5.45. The van der Waals surface area contributed by atoms with Crippen molar-refractivity contribution >= 4 is 33.5 Å². The fourth-order valence-electron chi connectivity index (χ4n) is 4.48. The molecule has 3 aromatic heterocycles. The molecule has 0 fully saturated rings. The van der Waals surface area contributed by atoms with Gasteiger partial charge in [-0.15, -0.1) is 0 Å². The molecule has 1 aliphatic heterocycles. The summed E-state index contributed by atoms with van der Waals surface area (Å²) in [6.45, 7) is 1.35. The molecule has 0 bridgehead atoms. The maximum absolute atomic E-state index is 14.5. The molecule has 0 atom stereocenters. The molecule has 8 heteroatoms. The molecule has 4 heterocycles. The minimum absolute atomic E-state index is 0.175. The van der Waals surface area contributed by atoms with E-state index >= 15 is 0 Å². The maximum Gasteiger partial charge on any atom is 0.290 e. The second-order valence-corrected chi connectivity index (χ2v) is 8.11. The number of fused-ring (bicyclic) bond motifs is 4. The van der Waals surface area contributed by atoms with Gasteiger partial charge in [-0.05, 0) is 30.2 Å². The Labute approximate surface area is 188 Å². The number of nitrogens with one attached hydrogen (secondary N) is 2. The van der Waals surface area contributed by atoms with E-state index in [9.17, 15) is 9.18 Å². The predicted octanol–water partition coefficient (Wildman–Crippen LogP) is 4.65. The SMILES string of the molecule is O=C(c1occc1CNc1cc2nccnc2cc1F)N1CCc2c([nH]c3ccccc23)C1. The summed E-state index contributed by atoms with van der Waals surface area (Å²) in [4.78, 5) is 26.8. The third-order valence-electron chi connectivity index (χ3n) is 6.14. The lowest BCUT2D eigenvalue weighted by molar-refractivity contribution is 0.0699. The molecular formula is C25H20FN5O2. The van der Waals surface area contributed by atoms with E-state index in [1.807, 2.05) is 18.2 Å². The summed E-state index contributed by atoms with van der Waals surface area (Å²) in [6, 6.07) is 12.9. The van der Waals surface area contributed by atoms with Crippen molar-refractivity contribution in [3.05, 3.63) is 89.5 Å². The summed E-state index contributed by atoms with van der Waals surface area (Å²) in [6.07, 6.45) is 5.36. The first-order chi connectivity index (χ1) is 16.2. The average molecular weight is 441 g/mol. The number of halogens is 1. The van der Waals surface area contributed by atoms with Crippen LogP contribution in [0.5, 0.6) is 0 Å². The Bertz CT molecular complexity index is 1510. The van der Waals surface area contributed by atoms with Crippen molar-refractivity contribution < 1.29 is 13.6 Å². The monoisotopic (exact) mass is 441 g/mol. The van der Waals surface area contributed by atoms with Gasteiger partial charge in [-0.25, -0.2) is 4.39 Å². The number of hydrogen-bond acceptors (Lipinski definition) is 5. The molecule has 33 heavy (non-hydrogen) atoms. The Morgan fingerprint density at radius 3 is 2.85 bits per heavy atom. The number of aromatic amines is 1. The topological polar surface area (TPSA) is 87.1 Å². The van der Waals surface area contributed by atoms with Gasteiger partial charge in [0.2, 0.25) is 0 Å². The van der Waals surface area contributed by atoms with E-state index in [0.717, 1.165) is 17.6 Å². The summed E-state index contributed by atoms with van der Waals surface area (Å²) < 4.78 is 20.1. The highest BCUT2D eigenvalue weighted by Gasteiger charge is 2.27. The number of hydrogen-bond donors (Lipinski definition) is 2. The van der Waals surface area contributed by atoms with Gasteiger partial charge in [0.15, 0.2) is 5.76 Å². The molecule has 0 saturated heterocycles. The van der Waals surface area contributed by atoms with Crippen molar-refractivity contribution in [3.8, 4) is 0 Å². The quantitative estimate of drug-likeness (QED) is 0.424. The van der Waals surface area contributed by atoms with E-state index in [1.54, 1.807) is 23.2 Å². The predicted molar refractivity (Wildman–Crippen MR) is 122 cm³/mol. The van der Waals surface area contributed by atoms with E-state index in [-0.39, 0.29) is 18.2 Å². The van der Waals surface area contributed by atoms with Crippen LogP contribution >= 0.6 is 0 Å². The lowest BCUT2D eigenvalue weighted by Gasteiger charge is -2.26. The zero-order chi connectivity index (χ0) is 22.4. The number of nitrogens with zero attached hydrogens (tertiary/aromatic N) is 3. The molecule has 0 aliphatic carbocycles. The third-order valence-corrected chi connectivity index (χ3v) is 6.14. The summed E-state index contributed by atoms with van der Waals surface area (Å²) in [5.74, 6) is -0.337. The summed E-state index contributed by atoms with van der Waals surface area (Å²) in [7, 11) is 0. The second-order valence-electron chi connectivity index (χ2n) is 8.11. The van der Waals surface area contributed by atoms with Gasteiger partial charge >= 0.3 is 0 Å². The number of rotatable bonds is 4. The smallest absolute Gasteiger partial charge is 0.290 e. The number of aromatic nitrogens is 3. The van der Waals surface area contributed by atoms with Crippen LogP contribution < -0.4 is 5.32 Å². The Morgan fingerprint density at radius 1 is 1.15 bits per heavy atom. The van der Waals surface area contributed by atoms with Crippen LogP contribution in [0.3, 0.4) is 0 Å².